The van der Waals surface area contributed by atoms with Crippen molar-refractivity contribution in [1.29, 1.82) is 0 Å². The highest BCUT2D eigenvalue weighted by molar-refractivity contribution is 6.33. The first-order chi connectivity index (χ1) is 99.4. The molecule has 0 heteroatoms. The number of hydrogen-bond acceptors (Lipinski definition) is 0. The molecule has 0 bridgehead atoms. The molecule has 34 aromatic rings. The summed E-state index contributed by atoms with van der Waals surface area (Å²) >= 11 is 0. The Balaban J connectivity index is 0.000000128. The summed E-state index contributed by atoms with van der Waals surface area (Å²) in [6, 6.07) is 9.90. The van der Waals surface area contributed by atoms with Gasteiger partial charge in [0.2, 0.25) is 0 Å². The van der Waals surface area contributed by atoms with Gasteiger partial charge < -0.3 is 0 Å². The molecule has 0 atom stereocenters. The molecular weight excluding hydrogens is 1800 g/mol. The van der Waals surface area contributed by atoms with Gasteiger partial charge in [0, 0.05) is 0 Å². The van der Waals surface area contributed by atoms with Gasteiger partial charge in [0.05, 0.1) is 82.2 Å². The number of fused-ring (bicyclic) bond motifs is 3. The lowest BCUT2D eigenvalue weighted by molar-refractivity contribution is 1.58. The summed E-state index contributed by atoms with van der Waals surface area (Å²) in [5, 5.41) is 4.57. The van der Waals surface area contributed by atoms with E-state index in [4.69, 9.17) is 43.9 Å². The second-order valence-corrected chi connectivity index (χ2v) is 36.5. The number of benzene rings is 34. The van der Waals surface area contributed by atoms with Crippen LogP contribution in [0.25, 0.3) is 337 Å². The lowest BCUT2D eigenvalue weighted by atomic mass is 9.85. The molecule has 688 valence electrons. The lowest BCUT2D eigenvalue weighted by Crippen LogP contribution is -1.92. The lowest BCUT2D eigenvalue weighted by Gasteiger charge is -2.19. The molecule has 150 heavy (non-hydrogen) atoms. The summed E-state index contributed by atoms with van der Waals surface area (Å²) in [5.74, 6) is 0. The smallest absolute Gasteiger partial charge is 0.0622 e. The van der Waals surface area contributed by atoms with Crippen LogP contribution in [0, 0.1) is 0 Å². The minimum absolute atomic E-state index is 0.0136. The van der Waals surface area contributed by atoms with E-state index in [1.165, 1.54) is 0 Å². The van der Waals surface area contributed by atoms with Gasteiger partial charge in [-0.3, -0.25) is 0 Å². The van der Waals surface area contributed by atoms with Gasteiger partial charge in [0.25, 0.3) is 0 Å². The molecule has 0 fully saturated rings. The van der Waals surface area contributed by atoms with Crippen molar-refractivity contribution < 1.29 is 82.2 Å². The molecule has 0 radical (unpaired) electrons. The van der Waals surface area contributed by atoms with Crippen LogP contribution in [0.15, 0.2) is 532 Å². The molecule has 34 aromatic carbocycles. The zero-order chi connectivity index (χ0) is 150. The van der Waals surface area contributed by atoms with E-state index in [0.717, 1.165) is 64.6 Å². The Bertz CT molecular complexity index is 15400. The Morgan fingerprint density at radius 3 is 0.907 bits per heavy atom. The average molecular weight is 1950 g/mol. The average Bonchev–Trinajstić information content (AvgIpc) is 0.673. The first-order valence-electron chi connectivity index (χ1n) is 77.5. The molecule has 0 aliphatic carbocycles. The van der Waals surface area contributed by atoms with Crippen molar-refractivity contribution in [2.24, 2.45) is 0 Å². The van der Waals surface area contributed by atoms with E-state index in [0.29, 0.717) is 44.2 Å². The third-order valence-electron chi connectivity index (χ3n) is 28.5. The summed E-state index contributed by atoms with van der Waals surface area (Å²) in [6.07, 6.45) is 0. The standard InChI is InChI=1S/C54H32.2C48H28/c1-2-8-33(9-3-1)49-31-40(24-27-45(49)44-25-20-38-18-16-34-11-6-13-36-22-28-47(44)53(38)51(34)36)42-30-41-10-4-5-15-43(41)50(32-42)46-26-21-39-19-17-35-12-7-14-37-23-29-48(46)54(39)52(35)37;2*1-2-10-39-37(5-1)27-38(28-44(39)41-24-20-36-18-16-32-7-4-9-34-22-26-43(41)48(36)46(32)34)29-11-13-30(14-12-29)40-23-19-35-17-15-31-6-3-8-33-21-25-42(40)47(35)45(31)33/h1-32H;2*1-28H/i1D,2D,3D,4D,5D,6D,7D,8D,9D,10D,11D,12D,13D,14D,15D,16D,17D,18D,19D,20D,21D,22D,23D,24D,25D,26D,27D,28D,29D,30D,31D,32D;3D,4D,6D,7D,8D,9D,15D,16D,17D,18D,19D,20D,21D,22D,23D,24D,25D,26D;1D,2D,5D,10D,11D,12D,13D,14D,27D,28D. The SMILES string of the molecule is [2H]c1c([2H])c(-c2ccc3ccc4cccc5ccc2c3c45)c([2H])c([2H])c1-c1c([2H])c(-c2ccc3ccc4cccc5ccc2c3c45)c2c([2H])c([2H])c([2H])c([2H])c2c1[2H].[2H]c1c([2H])c([2H])c(-c2c([2H])c(-c3c([2H])c(-c4c([2H])c([2H])c5c([2H])c([2H])c6c([2H])c([2H])c([2H])c7c([2H])c([2H])c4c5c67)c4c([2H])c([2H])c([2H])c([2H])c4c3[2H])c([2H])c([2H])c2-c2c([2H])c([2H])c3c([2H])c([2H])c4c([2H])c([2H])c([2H])c5c([2H])c([2H])c2c3c45)c([2H])c1[2H].[2H]c1c([2H])c2c([2H])c([2H])c3c([2H])c([2H])c(-c4ccc(-c5cc(-c6c([2H])c([2H])c7c([2H])c([2H])c8c([2H])c([2H])c([2H])c9c([2H])c([2H])c6c7c89)c6ccccc6c5)cc4)c4c([2H])c([2H])c(c1[2H])c2c34. The largest absolute Gasteiger partial charge is 0.0636 e. The van der Waals surface area contributed by atoms with Crippen LogP contribution in [0.2, 0.25) is 0 Å². The molecule has 0 heterocycles. The molecule has 0 aliphatic heterocycles. The maximum absolute atomic E-state index is 10.3. The van der Waals surface area contributed by atoms with E-state index in [2.05, 4.69) is 6.07 Å². The Morgan fingerprint density at radius 2 is 0.413 bits per heavy atom. The monoisotopic (exact) mass is 1950 g/mol. The van der Waals surface area contributed by atoms with Crippen molar-refractivity contribution in [3.05, 3.63) is 532 Å². The highest BCUT2D eigenvalue weighted by Crippen LogP contribution is 2.53. The fourth-order valence-corrected chi connectivity index (χ4v) is 21.8. The highest BCUT2D eigenvalue weighted by Gasteiger charge is 2.25. The molecule has 0 saturated heterocycles. The Morgan fingerprint density at radius 1 is 0.100 bits per heavy atom. The molecular formula is C150H88. The first-order valence-corrected chi connectivity index (χ1v) is 47.5. The normalized spacial score (nSPS) is 17.7. The van der Waals surface area contributed by atoms with Crippen molar-refractivity contribution in [2.75, 3.05) is 0 Å². The predicted molar refractivity (Wildman–Crippen MR) is 648 cm³/mol. The zero-order valence-corrected chi connectivity index (χ0v) is 77.2. The third kappa shape index (κ3) is 13.0. The van der Waals surface area contributed by atoms with Crippen molar-refractivity contribution in [3.8, 4) is 111 Å². The summed E-state index contributed by atoms with van der Waals surface area (Å²) < 4.78 is 550. The fraction of sp³-hybridized carbons (Fsp3) is 0. The van der Waals surface area contributed by atoms with Gasteiger partial charge >= 0.3 is 0 Å². The second kappa shape index (κ2) is 33.0. The minimum Gasteiger partial charge on any atom is -0.0622 e. The van der Waals surface area contributed by atoms with Crippen molar-refractivity contribution >= 4 is 226 Å². The maximum Gasteiger partial charge on any atom is 0.0636 e. The molecule has 34 rings (SSSR count). The van der Waals surface area contributed by atoms with E-state index in [-0.39, 0.29) is 150 Å². The van der Waals surface area contributed by atoms with Crippen molar-refractivity contribution in [2.45, 2.75) is 0 Å². The fourth-order valence-electron chi connectivity index (χ4n) is 21.8. The van der Waals surface area contributed by atoms with Crippen LogP contribution in [0.5, 0.6) is 0 Å². The van der Waals surface area contributed by atoms with Crippen molar-refractivity contribution in [1.82, 2.24) is 0 Å². The van der Waals surface area contributed by atoms with Gasteiger partial charge in [-0.1, -0.05) is 490 Å². The Hall–Kier alpha value is -19.5. The highest BCUT2D eigenvalue weighted by atomic mass is 14.3. The summed E-state index contributed by atoms with van der Waals surface area (Å²) in [4.78, 5) is 0. The van der Waals surface area contributed by atoms with Crippen molar-refractivity contribution in [3.63, 3.8) is 0 Å². The molecule has 0 nitrogen and oxygen atoms in total. The number of rotatable bonds is 10. The summed E-state index contributed by atoms with van der Waals surface area (Å²) in [7, 11) is 0. The van der Waals surface area contributed by atoms with Gasteiger partial charge in [-0.2, -0.15) is 0 Å². The summed E-state index contributed by atoms with van der Waals surface area (Å²) in [5.41, 5.74) is -4.65. The molecule has 0 aromatic heterocycles. The summed E-state index contributed by atoms with van der Waals surface area (Å²) in [6.45, 7) is 0. The van der Waals surface area contributed by atoms with Crippen LogP contribution in [0.3, 0.4) is 0 Å². The molecule has 0 N–H and O–H groups in total. The van der Waals surface area contributed by atoms with E-state index >= 15 is 0 Å². The predicted octanol–water partition coefficient (Wildman–Crippen LogP) is 42.6. The molecule has 0 aliphatic rings. The zero-order valence-electron chi connectivity index (χ0n) is 137. The maximum atomic E-state index is 10.3. The first kappa shape index (κ1) is 44.6. The number of hydrogen-bond donors (Lipinski definition) is 0. The van der Waals surface area contributed by atoms with E-state index < -0.39 is 441 Å². The quantitative estimate of drug-likeness (QED) is 0.120. The third-order valence-corrected chi connectivity index (χ3v) is 28.5. The van der Waals surface area contributed by atoms with Crippen LogP contribution >= 0.6 is 0 Å². The van der Waals surface area contributed by atoms with E-state index in [1.807, 2.05) is 127 Å². The molecule has 0 unspecified atom stereocenters. The van der Waals surface area contributed by atoms with Gasteiger partial charge in [0.1, 0.15) is 0 Å². The van der Waals surface area contributed by atoms with Gasteiger partial charge in [-0.15, -0.1) is 0 Å². The van der Waals surface area contributed by atoms with Gasteiger partial charge in [-0.25, -0.2) is 0 Å². The van der Waals surface area contributed by atoms with Crippen LogP contribution < -0.4 is 0 Å². The van der Waals surface area contributed by atoms with E-state index in [1.54, 1.807) is 36.4 Å². The van der Waals surface area contributed by atoms with Gasteiger partial charge in [0.15, 0.2) is 0 Å². The molecule has 0 amide bonds. The molecule has 0 saturated carbocycles. The molecule has 0 spiro atoms. The van der Waals surface area contributed by atoms with Crippen LogP contribution in [-0.4, -0.2) is 0 Å². The second-order valence-electron chi connectivity index (χ2n) is 36.5. The van der Waals surface area contributed by atoms with Crippen LogP contribution in [-0.2, 0) is 0 Å². The minimum atomic E-state index is -1.24. The Labute approximate surface area is 949 Å². The van der Waals surface area contributed by atoms with Crippen LogP contribution in [0.1, 0.15) is 82.2 Å². The van der Waals surface area contributed by atoms with Gasteiger partial charge in [-0.05, 0) is 380 Å². The Kier molecular flexibility index (Phi) is 9.82. The van der Waals surface area contributed by atoms with Crippen LogP contribution in [0.4, 0.5) is 0 Å². The van der Waals surface area contributed by atoms with E-state index in [9.17, 15) is 38.4 Å². The topological polar surface area (TPSA) is 0 Å².